The molecular weight excluding hydrogens is 260 g/mol. The van der Waals surface area contributed by atoms with Gasteiger partial charge in [-0.15, -0.1) is 0 Å². The monoisotopic (exact) mass is 270 g/mol. The number of nitrogens with one attached hydrogen (secondary N) is 2. The van der Waals surface area contributed by atoms with Crippen molar-refractivity contribution >= 4 is 16.9 Å². The third-order valence-corrected chi connectivity index (χ3v) is 2.95. The van der Waals surface area contributed by atoms with E-state index in [0.717, 1.165) is 5.56 Å². The van der Waals surface area contributed by atoms with Crippen molar-refractivity contribution in [3.8, 4) is 0 Å². The number of nitro benzene ring substituents is 1. The van der Waals surface area contributed by atoms with Gasteiger partial charge in [-0.25, -0.2) is 9.97 Å². The smallest absolute Gasteiger partial charge is 0.269 e. The Morgan fingerprint density at radius 2 is 2.05 bits per heavy atom. The second kappa shape index (κ2) is 4.57. The molecule has 3 rings (SSSR count). The van der Waals surface area contributed by atoms with Gasteiger partial charge in [0.1, 0.15) is 5.52 Å². The van der Waals surface area contributed by atoms with Gasteiger partial charge < -0.3 is 9.55 Å². The van der Waals surface area contributed by atoms with Crippen molar-refractivity contribution in [3.05, 3.63) is 58.1 Å². The second-order valence-electron chi connectivity index (χ2n) is 4.25. The molecule has 0 radical (unpaired) electrons. The Morgan fingerprint density at radius 3 is 2.75 bits per heavy atom. The molecule has 20 heavy (non-hydrogen) atoms. The van der Waals surface area contributed by atoms with Crippen molar-refractivity contribution < 1.29 is 4.92 Å². The van der Waals surface area contributed by atoms with Crippen LogP contribution in [0.15, 0.2) is 36.9 Å². The minimum absolute atomic E-state index is 0.0586. The molecule has 2 N–H and O–H groups in total. The maximum absolute atomic E-state index is 10.6. The first-order valence-electron chi connectivity index (χ1n) is 5.81. The SMILES string of the molecule is N=c1ncn(Cc2ccc([N+](=O)[O-])cc2)c2nc[nH]c12. The fourth-order valence-electron chi connectivity index (χ4n) is 1.96. The zero-order valence-corrected chi connectivity index (χ0v) is 10.3. The van der Waals surface area contributed by atoms with Gasteiger partial charge in [0.25, 0.3) is 5.69 Å². The molecule has 3 aromatic rings. The molecule has 0 spiro atoms. The number of imidazole rings is 1. The number of aromatic amines is 1. The van der Waals surface area contributed by atoms with Gasteiger partial charge in [-0.3, -0.25) is 15.5 Å². The Morgan fingerprint density at radius 1 is 1.30 bits per heavy atom. The van der Waals surface area contributed by atoms with E-state index in [9.17, 15) is 10.1 Å². The van der Waals surface area contributed by atoms with Gasteiger partial charge in [-0.1, -0.05) is 12.1 Å². The highest BCUT2D eigenvalue weighted by Gasteiger charge is 2.07. The average Bonchev–Trinajstić information content (AvgIpc) is 2.93. The lowest BCUT2D eigenvalue weighted by Gasteiger charge is -2.06. The quantitative estimate of drug-likeness (QED) is 0.549. The normalized spacial score (nSPS) is 10.8. The van der Waals surface area contributed by atoms with Gasteiger partial charge in [0.05, 0.1) is 24.1 Å². The van der Waals surface area contributed by atoms with Gasteiger partial charge in [0.15, 0.2) is 11.1 Å². The Hall–Kier alpha value is -3.03. The minimum Gasteiger partial charge on any atom is -0.340 e. The molecule has 1 aromatic carbocycles. The van der Waals surface area contributed by atoms with E-state index in [1.807, 2.05) is 0 Å². The number of nitro groups is 1. The van der Waals surface area contributed by atoms with E-state index in [4.69, 9.17) is 5.41 Å². The molecule has 0 saturated heterocycles. The molecule has 0 atom stereocenters. The van der Waals surface area contributed by atoms with Crippen LogP contribution in [0.4, 0.5) is 5.69 Å². The summed E-state index contributed by atoms with van der Waals surface area (Å²) in [6.07, 6.45) is 3.05. The van der Waals surface area contributed by atoms with Gasteiger partial charge in [-0.2, -0.15) is 0 Å². The fourth-order valence-corrected chi connectivity index (χ4v) is 1.96. The maximum atomic E-state index is 10.6. The zero-order valence-electron chi connectivity index (χ0n) is 10.3. The van der Waals surface area contributed by atoms with Crippen molar-refractivity contribution in [1.82, 2.24) is 19.5 Å². The summed E-state index contributed by atoms with van der Waals surface area (Å²) in [5.74, 6) is 0. The van der Waals surface area contributed by atoms with Crippen molar-refractivity contribution in [2.24, 2.45) is 0 Å². The van der Waals surface area contributed by atoms with Crippen LogP contribution in [0.5, 0.6) is 0 Å². The van der Waals surface area contributed by atoms with E-state index in [1.54, 1.807) is 16.7 Å². The molecular formula is C12H10N6O2. The second-order valence-corrected chi connectivity index (χ2v) is 4.25. The molecule has 2 aromatic heterocycles. The van der Waals surface area contributed by atoms with E-state index in [2.05, 4.69) is 15.0 Å². The third kappa shape index (κ3) is 2.03. The number of rotatable bonds is 3. The standard InChI is InChI=1S/C12H10N6O2/c13-11-10-12(15-6-14-10)17(7-16-11)5-8-1-3-9(4-2-8)18(19)20/h1-4,6-7,13H,5H2,(H,14,15). The lowest BCUT2D eigenvalue weighted by atomic mass is 10.2. The van der Waals surface area contributed by atoms with Crippen molar-refractivity contribution in [2.45, 2.75) is 6.54 Å². The van der Waals surface area contributed by atoms with Crippen molar-refractivity contribution in [3.63, 3.8) is 0 Å². The first kappa shape index (κ1) is 12.0. The molecule has 0 bridgehead atoms. The summed E-state index contributed by atoms with van der Waals surface area (Å²) in [6.45, 7) is 0.479. The summed E-state index contributed by atoms with van der Waals surface area (Å²) in [4.78, 5) is 21.2. The number of hydrogen-bond acceptors (Lipinski definition) is 5. The average molecular weight is 270 g/mol. The number of nitrogens with zero attached hydrogens (tertiary/aromatic N) is 4. The first-order chi connectivity index (χ1) is 9.65. The number of aromatic nitrogens is 4. The number of non-ortho nitro benzene ring substituents is 1. The van der Waals surface area contributed by atoms with Gasteiger partial charge in [0, 0.05) is 12.1 Å². The van der Waals surface area contributed by atoms with Crippen molar-refractivity contribution in [1.29, 1.82) is 5.41 Å². The first-order valence-corrected chi connectivity index (χ1v) is 5.81. The molecule has 0 aliphatic rings. The molecule has 0 amide bonds. The summed E-state index contributed by atoms with van der Waals surface area (Å²) >= 11 is 0. The number of hydrogen-bond donors (Lipinski definition) is 2. The highest BCUT2D eigenvalue weighted by Crippen LogP contribution is 2.13. The number of H-pyrrole nitrogens is 1. The topological polar surface area (TPSA) is 113 Å². The largest absolute Gasteiger partial charge is 0.340 e. The zero-order chi connectivity index (χ0) is 14.1. The lowest BCUT2D eigenvalue weighted by molar-refractivity contribution is -0.384. The molecule has 0 saturated carbocycles. The van der Waals surface area contributed by atoms with Crippen LogP contribution < -0.4 is 5.49 Å². The molecule has 0 fully saturated rings. The fraction of sp³-hybridized carbons (Fsp3) is 0.0833. The predicted octanol–water partition coefficient (Wildman–Crippen LogP) is 1.20. The summed E-state index contributed by atoms with van der Waals surface area (Å²) in [7, 11) is 0. The van der Waals surface area contributed by atoms with Crippen molar-refractivity contribution in [2.75, 3.05) is 0 Å². The van der Waals surface area contributed by atoms with E-state index < -0.39 is 4.92 Å². The molecule has 100 valence electrons. The van der Waals surface area contributed by atoms with Crippen LogP contribution >= 0.6 is 0 Å². The van der Waals surface area contributed by atoms with E-state index in [1.165, 1.54) is 24.8 Å². The summed E-state index contributed by atoms with van der Waals surface area (Å²) in [5.41, 5.74) is 2.28. The summed E-state index contributed by atoms with van der Waals surface area (Å²) in [5, 5.41) is 18.3. The summed E-state index contributed by atoms with van der Waals surface area (Å²) in [6, 6.07) is 6.31. The lowest BCUT2D eigenvalue weighted by Crippen LogP contribution is -2.13. The molecule has 0 aliphatic heterocycles. The molecule has 8 heteroatoms. The van der Waals surface area contributed by atoms with Gasteiger partial charge in [-0.05, 0) is 5.56 Å². The molecule has 0 aliphatic carbocycles. The Balaban J connectivity index is 1.97. The number of benzene rings is 1. The van der Waals surface area contributed by atoms with E-state index >= 15 is 0 Å². The van der Waals surface area contributed by atoms with Crippen LogP contribution in [0.1, 0.15) is 5.56 Å². The summed E-state index contributed by atoms with van der Waals surface area (Å²) < 4.78 is 1.78. The van der Waals surface area contributed by atoms with Gasteiger partial charge >= 0.3 is 0 Å². The Kier molecular flexibility index (Phi) is 2.75. The number of fused-ring (bicyclic) bond motifs is 1. The molecule has 8 nitrogen and oxygen atoms in total. The maximum Gasteiger partial charge on any atom is 0.269 e. The van der Waals surface area contributed by atoms with Crippen LogP contribution in [-0.2, 0) is 6.54 Å². The van der Waals surface area contributed by atoms with Crippen LogP contribution in [0.25, 0.3) is 11.2 Å². The van der Waals surface area contributed by atoms with Crippen LogP contribution in [-0.4, -0.2) is 24.4 Å². The van der Waals surface area contributed by atoms with E-state index in [0.29, 0.717) is 17.7 Å². The van der Waals surface area contributed by atoms with Crippen LogP contribution in [0.3, 0.4) is 0 Å². The van der Waals surface area contributed by atoms with Crippen LogP contribution in [0.2, 0.25) is 0 Å². The Bertz CT molecular complexity index is 833. The highest BCUT2D eigenvalue weighted by atomic mass is 16.6. The van der Waals surface area contributed by atoms with E-state index in [-0.39, 0.29) is 11.2 Å². The highest BCUT2D eigenvalue weighted by molar-refractivity contribution is 5.68. The van der Waals surface area contributed by atoms with Crippen LogP contribution in [0, 0.1) is 15.5 Å². The Labute approximate surface area is 112 Å². The van der Waals surface area contributed by atoms with Gasteiger partial charge in [0.2, 0.25) is 0 Å². The molecule has 2 heterocycles. The predicted molar refractivity (Wildman–Crippen MR) is 69.9 cm³/mol. The third-order valence-electron chi connectivity index (χ3n) is 2.95. The minimum atomic E-state index is -0.431. The molecule has 0 unspecified atom stereocenters.